The van der Waals surface area contributed by atoms with E-state index < -0.39 is 0 Å². The van der Waals surface area contributed by atoms with Gasteiger partial charge in [-0.2, -0.15) is 0 Å². The molecule has 3 rings (SSSR count). The van der Waals surface area contributed by atoms with Crippen molar-refractivity contribution in [3.8, 4) is 0 Å². The summed E-state index contributed by atoms with van der Waals surface area (Å²) in [5.41, 5.74) is 2.22. The minimum absolute atomic E-state index is 0.0624. The highest BCUT2D eigenvalue weighted by Gasteiger charge is 2.29. The molecule has 0 radical (unpaired) electrons. The molecule has 0 unspecified atom stereocenters. The number of amides is 1. The molecular formula is C19H22N2O2. The molecule has 1 aliphatic heterocycles. The molecule has 1 aliphatic rings. The van der Waals surface area contributed by atoms with Gasteiger partial charge in [-0.3, -0.25) is 0 Å². The zero-order chi connectivity index (χ0) is 15.9. The molecule has 0 aromatic heterocycles. The topological polar surface area (TPSA) is 50.4 Å². The monoisotopic (exact) mass is 310 g/mol. The second-order valence-corrected chi connectivity index (χ2v) is 5.77. The first-order valence-electron chi connectivity index (χ1n) is 8.09. The van der Waals surface area contributed by atoms with Gasteiger partial charge >= 0.3 is 6.09 Å². The number of hydrogen-bond acceptors (Lipinski definition) is 3. The van der Waals surface area contributed by atoms with E-state index in [2.05, 4.69) is 22.8 Å². The Morgan fingerprint density at radius 2 is 1.78 bits per heavy atom. The highest BCUT2D eigenvalue weighted by Crippen LogP contribution is 2.26. The predicted octanol–water partition coefficient (Wildman–Crippen LogP) is 3.41. The Labute approximate surface area is 136 Å². The molecule has 2 aromatic carbocycles. The lowest BCUT2D eigenvalue weighted by molar-refractivity contribution is 0.0549. The average Bonchev–Trinajstić information content (AvgIpc) is 2.62. The van der Waals surface area contributed by atoms with Gasteiger partial charge in [0.1, 0.15) is 6.10 Å². The van der Waals surface area contributed by atoms with Crippen LogP contribution in [-0.2, 0) is 11.3 Å². The number of hydrogen-bond donors (Lipinski definition) is 2. The van der Waals surface area contributed by atoms with Gasteiger partial charge in [0, 0.05) is 6.54 Å². The molecule has 120 valence electrons. The predicted molar refractivity (Wildman–Crippen MR) is 90.0 cm³/mol. The fraction of sp³-hybridized carbons (Fsp3) is 0.316. The first-order valence-corrected chi connectivity index (χ1v) is 8.09. The normalized spacial score (nSPS) is 20.7. The minimum Gasteiger partial charge on any atom is -0.444 e. The maximum Gasteiger partial charge on any atom is 0.407 e. The fourth-order valence-electron chi connectivity index (χ4n) is 2.93. The van der Waals surface area contributed by atoms with Crippen LogP contribution >= 0.6 is 0 Å². The number of piperidine rings is 1. The molecule has 1 heterocycles. The van der Waals surface area contributed by atoms with Gasteiger partial charge in [0.05, 0.1) is 6.04 Å². The number of alkyl carbamates (subject to hydrolysis) is 1. The summed E-state index contributed by atoms with van der Waals surface area (Å²) in [7, 11) is 0. The second-order valence-electron chi connectivity index (χ2n) is 5.77. The zero-order valence-electron chi connectivity index (χ0n) is 13.1. The van der Waals surface area contributed by atoms with Crippen LogP contribution in [0, 0.1) is 0 Å². The molecule has 1 fully saturated rings. The summed E-state index contributed by atoms with van der Waals surface area (Å²) in [6.45, 7) is 1.43. The van der Waals surface area contributed by atoms with Crippen molar-refractivity contribution < 1.29 is 9.53 Å². The first kappa shape index (κ1) is 15.6. The maximum absolute atomic E-state index is 12.1. The Kier molecular flexibility index (Phi) is 5.27. The number of carbonyl (C=O) groups is 1. The molecule has 0 spiro atoms. The molecule has 0 bridgehead atoms. The molecule has 0 saturated carbocycles. The Bertz CT molecular complexity index is 616. The summed E-state index contributed by atoms with van der Waals surface area (Å²) in [4.78, 5) is 12.1. The lowest BCUT2D eigenvalue weighted by atomic mass is 9.94. The van der Waals surface area contributed by atoms with Crippen LogP contribution in [0.3, 0.4) is 0 Å². The van der Waals surface area contributed by atoms with Gasteiger partial charge in [-0.25, -0.2) is 4.79 Å². The van der Waals surface area contributed by atoms with Gasteiger partial charge in [-0.15, -0.1) is 0 Å². The summed E-state index contributed by atoms with van der Waals surface area (Å²) in [5, 5.41) is 6.29. The van der Waals surface area contributed by atoms with E-state index in [4.69, 9.17) is 4.74 Å². The van der Waals surface area contributed by atoms with E-state index in [1.807, 2.05) is 48.5 Å². The standard InChI is InChI=1S/C19H22N2O2/c22-19(21-14-15-8-3-1-4-9-15)23-17-12-7-13-20-18(17)16-10-5-2-6-11-16/h1-6,8-11,17-18,20H,7,12-14H2,(H,21,22)/t17-,18-/m0/s1. The molecule has 1 saturated heterocycles. The van der Waals surface area contributed by atoms with Crippen LogP contribution in [0.15, 0.2) is 60.7 Å². The summed E-state index contributed by atoms with van der Waals surface area (Å²) >= 11 is 0. The SMILES string of the molecule is O=C(NCc1ccccc1)O[C@H]1CCCN[C@H]1c1ccccc1. The molecule has 2 atom stereocenters. The van der Waals surface area contributed by atoms with Gasteiger partial charge < -0.3 is 15.4 Å². The largest absolute Gasteiger partial charge is 0.444 e. The lowest BCUT2D eigenvalue weighted by Gasteiger charge is -2.32. The van der Waals surface area contributed by atoms with Crippen LogP contribution in [0.5, 0.6) is 0 Å². The van der Waals surface area contributed by atoms with E-state index in [9.17, 15) is 4.79 Å². The first-order chi connectivity index (χ1) is 11.3. The van der Waals surface area contributed by atoms with Crippen LogP contribution in [0.2, 0.25) is 0 Å². The minimum atomic E-state index is -0.358. The van der Waals surface area contributed by atoms with E-state index in [0.717, 1.165) is 30.5 Å². The molecule has 1 amide bonds. The number of rotatable bonds is 4. The van der Waals surface area contributed by atoms with Crippen molar-refractivity contribution in [2.75, 3.05) is 6.54 Å². The van der Waals surface area contributed by atoms with E-state index >= 15 is 0 Å². The Morgan fingerprint density at radius 1 is 1.09 bits per heavy atom. The molecule has 4 nitrogen and oxygen atoms in total. The van der Waals surface area contributed by atoms with Crippen LogP contribution in [0.1, 0.15) is 30.0 Å². The number of nitrogens with one attached hydrogen (secondary N) is 2. The Balaban J connectivity index is 1.57. The van der Waals surface area contributed by atoms with Crippen LogP contribution in [0.25, 0.3) is 0 Å². The molecule has 4 heteroatoms. The third-order valence-corrected chi connectivity index (χ3v) is 4.10. The van der Waals surface area contributed by atoms with E-state index in [1.54, 1.807) is 0 Å². The third-order valence-electron chi connectivity index (χ3n) is 4.10. The van der Waals surface area contributed by atoms with Crippen molar-refractivity contribution in [3.63, 3.8) is 0 Å². The van der Waals surface area contributed by atoms with Crippen molar-refractivity contribution >= 4 is 6.09 Å². The Hall–Kier alpha value is -2.33. The summed E-state index contributed by atoms with van der Waals surface area (Å²) in [5.74, 6) is 0. The molecule has 2 N–H and O–H groups in total. The van der Waals surface area contributed by atoms with Crippen molar-refractivity contribution in [3.05, 3.63) is 71.8 Å². The van der Waals surface area contributed by atoms with Crippen LogP contribution < -0.4 is 10.6 Å². The highest BCUT2D eigenvalue weighted by molar-refractivity contribution is 5.67. The lowest BCUT2D eigenvalue weighted by Crippen LogP contribution is -2.42. The van der Waals surface area contributed by atoms with E-state index in [1.165, 1.54) is 0 Å². The number of carbonyl (C=O) groups excluding carboxylic acids is 1. The maximum atomic E-state index is 12.1. The second kappa shape index (κ2) is 7.79. The third kappa shape index (κ3) is 4.33. The van der Waals surface area contributed by atoms with Crippen molar-refractivity contribution in [1.82, 2.24) is 10.6 Å². The highest BCUT2D eigenvalue weighted by atomic mass is 16.6. The number of ether oxygens (including phenoxy) is 1. The van der Waals surface area contributed by atoms with Crippen molar-refractivity contribution in [2.45, 2.75) is 31.5 Å². The van der Waals surface area contributed by atoms with Gasteiger partial charge in [0.2, 0.25) is 0 Å². The van der Waals surface area contributed by atoms with Crippen molar-refractivity contribution in [1.29, 1.82) is 0 Å². The number of benzene rings is 2. The van der Waals surface area contributed by atoms with E-state index in [0.29, 0.717) is 6.54 Å². The smallest absolute Gasteiger partial charge is 0.407 e. The molecule has 23 heavy (non-hydrogen) atoms. The zero-order valence-corrected chi connectivity index (χ0v) is 13.1. The summed E-state index contributed by atoms with van der Waals surface area (Å²) in [6.07, 6.45) is 1.40. The molecule has 0 aliphatic carbocycles. The molecular weight excluding hydrogens is 288 g/mol. The van der Waals surface area contributed by atoms with Crippen LogP contribution in [0.4, 0.5) is 4.79 Å². The van der Waals surface area contributed by atoms with Crippen molar-refractivity contribution in [2.24, 2.45) is 0 Å². The van der Waals surface area contributed by atoms with E-state index in [-0.39, 0.29) is 18.2 Å². The summed E-state index contributed by atoms with van der Waals surface area (Å²) in [6, 6.07) is 20.1. The van der Waals surface area contributed by atoms with Gasteiger partial charge in [0.25, 0.3) is 0 Å². The van der Waals surface area contributed by atoms with Gasteiger partial charge in [-0.05, 0) is 30.5 Å². The average molecular weight is 310 g/mol. The Morgan fingerprint density at radius 3 is 2.52 bits per heavy atom. The van der Waals surface area contributed by atoms with Crippen LogP contribution in [-0.4, -0.2) is 18.7 Å². The van der Waals surface area contributed by atoms with Gasteiger partial charge in [-0.1, -0.05) is 60.7 Å². The van der Waals surface area contributed by atoms with Gasteiger partial charge in [0.15, 0.2) is 0 Å². The molecule has 2 aromatic rings. The quantitative estimate of drug-likeness (QED) is 0.910. The fourth-order valence-corrected chi connectivity index (χ4v) is 2.93. The summed E-state index contributed by atoms with van der Waals surface area (Å²) < 4.78 is 5.67.